The van der Waals surface area contributed by atoms with E-state index in [1.165, 1.54) is 24.0 Å². The van der Waals surface area contributed by atoms with Crippen molar-refractivity contribution in [3.63, 3.8) is 0 Å². The number of benzene rings is 4. The maximum absolute atomic E-state index is 10.6. The zero-order valence-corrected chi connectivity index (χ0v) is 58.8. The first-order chi connectivity index (χ1) is 44.7. The smallest absolute Gasteiger partial charge is 0.123 e. The maximum Gasteiger partial charge on any atom is 0.123 e. The van der Waals surface area contributed by atoms with Gasteiger partial charge in [-0.25, -0.2) is 0 Å². The third-order valence-electron chi connectivity index (χ3n) is 19.9. The molecule has 0 amide bonds. The predicted octanol–water partition coefficient (Wildman–Crippen LogP) is 19.9. The molecule has 0 unspecified atom stereocenters. The highest BCUT2D eigenvalue weighted by molar-refractivity contribution is 5.55. The molecule has 11 N–H and O–H groups in total. The van der Waals surface area contributed by atoms with Gasteiger partial charge in [-0.2, -0.15) is 0 Å². The maximum atomic E-state index is 10.6. The molecule has 0 heterocycles. The van der Waals surface area contributed by atoms with Gasteiger partial charge in [0.2, 0.25) is 0 Å². The Morgan fingerprint density at radius 3 is 0.936 bits per heavy atom. The van der Waals surface area contributed by atoms with E-state index in [1.807, 2.05) is 58.9 Å². The molecule has 516 valence electrons. The molecule has 4 aliphatic rings. The van der Waals surface area contributed by atoms with E-state index in [2.05, 4.69) is 73.1 Å². The second kappa shape index (κ2) is 38.0. The summed E-state index contributed by atoms with van der Waals surface area (Å²) in [6.45, 7) is 37.1. The lowest BCUT2D eigenvalue weighted by atomic mass is 9.72. The molecule has 94 heavy (non-hydrogen) atoms. The fraction of sp³-hybridized carbons (Fsp3) is 0.518. The zero-order valence-electron chi connectivity index (χ0n) is 58.8. The van der Waals surface area contributed by atoms with Crippen LogP contribution >= 0.6 is 0 Å². The summed E-state index contributed by atoms with van der Waals surface area (Å²) in [6.07, 6.45) is 29.3. The van der Waals surface area contributed by atoms with Gasteiger partial charge in [0, 0.05) is 52.5 Å². The average Bonchev–Trinajstić information content (AvgIpc) is 0.823. The number of allylic oxidation sites excluding steroid dienone is 10. The lowest BCUT2D eigenvalue weighted by Gasteiger charge is -2.34. The Kier molecular flexibility index (Phi) is 31.4. The van der Waals surface area contributed by atoms with Crippen molar-refractivity contribution >= 4 is 0 Å². The van der Waals surface area contributed by atoms with Gasteiger partial charge in [0.05, 0.1) is 12.7 Å². The van der Waals surface area contributed by atoms with E-state index < -0.39 is 6.10 Å². The number of aliphatic hydroxyl groups excluding tert-OH is 3. The number of phenolic OH excluding ortho intramolecular Hbond substituents is 8. The van der Waals surface area contributed by atoms with Gasteiger partial charge >= 0.3 is 0 Å². The highest BCUT2D eigenvalue weighted by atomic mass is 16.3. The number of aliphatic hydroxyl groups is 3. The topological polar surface area (TPSA) is 223 Å². The van der Waals surface area contributed by atoms with Crippen LogP contribution in [0.3, 0.4) is 0 Å². The summed E-state index contributed by atoms with van der Waals surface area (Å²) in [5.74, 6) is 1.73. The molecule has 0 fully saturated rings. The van der Waals surface area contributed by atoms with Crippen molar-refractivity contribution in [1.29, 1.82) is 0 Å². The summed E-state index contributed by atoms with van der Waals surface area (Å²) in [7, 11) is 0. The molecule has 0 bridgehead atoms. The Morgan fingerprint density at radius 1 is 0.383 bits per heavy atom. The SMILES string of the molecule is C=C(C)[C@@H]1CCC(C)=C[C@H]1c1c(O)cc(CCCCC)cc1O.C=C(C)[C@@H]1CCC(C)=C[C@H]1c1c(O)cc(CCCCO)cc1O.C=C(C)[C@@H]1CCC(CO)=C[C@H]1c1c(O)cc(CCCCC)cc1O.C=C(C)[C@@H]1C[C@@H](O)C(C)=C[C@H]1c1c(O)cc(CCCCC)cc1O. The van der Waals surface area contributed by atoms with Crippen LogP contribution in [-0.4, -0.2) is 75.5 Å². The number of rotatable bonds is 25. The Balaban J connectivity index is 0.000000227. The van der Waals surface area contributed by atoms with Crippen molar-refractivity contribution in [2.45, 2.75) is 240 Å². The molecule has 0 saturated carbocycles. The van der Waals surface area contributed by atoms with E-state index in [1.54, 1.807) is 36.4 Å². The molecule has 4 aromatic rings. The third kappa shape index (κ3) is 21.8. The van der Waals surface area contributed by atoms with Crippen LogP contribution in [-0.2, 0) is 25.7 Å². The number of unbranched alkanes of at least 4 members (excludes halogenated alkanes) is 7. The summed E-state index contributed by atoms with van der Waals surface area (Å²) in [5, 5.41) is 113. The van der Waals surface area contributed by atoms with E-state index in [9.17, 15) is 51.1 Å². The van der Waals surface area contributed by atoms with Gasteiger partial charge in [0.15, 0.2) is 0 Å². The highest BCUT2D eigenvalue weighted by Crippen LogP contribution is 2.51. The monoisotopic (exact) mass is 1290 g/mol. The summed E-state index contributed by atoms with van der Waals surface area (Å²) >= 11 is 0. The second-order valence-electron chi connectivity index (χ2n) is 27.9. The quantitative estimate of drug-likeness (QED) is 0.0221. The fourth-order valence-electron chi connectivity index (χ4n) is 14.5. The zero-order chi connectivity index (χ0) is 69.5. The van der Waals surface area contributed by atoms with E-state index >= 15 is 0 Å². The first kappa shape index (κ1) is 77.8. The largest absolute Gasteiger partial charge is 0.507 e. The van der Waals surface area contributed by atoms with Crippen molar-refractivity contribution in [2.75, 3.05) is 13.2 Å². The first-order valence-corrected chi connectivity index (χ1v) is 35.1. The molecule has 0 aromatic heterocycles. The van der Waals surface area contributed by atoms with Crippen LogP contribution in [0.15, 0.2) is 144 Å². The minimum absolute atomic E-state index is 0.00596. The molecule has 8 rings (SSSR count). The van der Waals surface area contributed by atoms with Gasteiger partial charge in [0.1, 0.15) is 46.0 Å². The number of aromatic hydroxyl groups is 8. The molecule has 11 heteroatoms. The summed E-state index contributed by atoms with van der Waals surface area (Å²) < 4.78 is 0. The van der Waals surface area contributed by atoms with Crippen molar-refractivity contribution < 1.29 is 56.2 Å². The van der Waals surface area contributed by atoms with E-state index in [0.29, 0.717) is 28.7 Å². The van der Waals surface area contributed by atoms with Crippen molar-refractivity contribution in [1.82, 2.24) is 0 Å². The molecule has 0 radical (unpaired) electrons. The van der Waals surface area contributed by atoms with Gasteiger partial charge in [-0.1, -0.05) is 143 Å². The number of hydrogen-bond acceptors (Lipinski definition) is 11. The Hall–Kier alpha value is -6.92. The van der Waals surface area contributed by atoms with E-state index in [-0.39, 0.29) is 107 Å². The molecule has 4 aromatic carbocycles. The predicted molar refractivity (Wildman–Crippen MR) is 388 cm³/mol. The molecule has 9 atom stereocenters. The minimum atomic E-state index is -0.486. The van der Waals surface area contributed by atoms with E-state index in [4.69, 9.17) is 5.11 Å². The van der Waals surface area contributed by atoms with Crippen LogP contribution in [0.25, 0.3) is 0 Å². The van der Waals surface area contributed by atoms with Crippen LogP contribution < -0.4 is 0 Å². The van der Waals surface area contributed by atoms with Crippen molar-refractivity contribution in [3.8, 4) is 46.0 Å². The van der Waals surface area contributed by atoms with Crippen LogP contribution in [0.5, 0.6) is 46.0 Å². The highest BCUT2D eigenvalue weighted by Gasteiger charge is 2.36. The normalized spacial score (nSPS) is 21.7. The number of aryl methyl sites for hydroxylation is 4. The van der Waals surface area contributed by atoms with E-state index in [0.717, 1.165) is 178 Å². The Labute approximate surface area is 564 Å². The third-order valence-corrected chi connectivity index (χ3v) is 19.9. The fourth-order valence-corrected chi connectivity index (χ4v) is 14.5. The lowest BCUT2D eigenvalue weighted by molar-refractivity contribution is 0.168. The molecule has 4 aliphatic carbocycles. The number of phenols is 8. The minimum Gasteiger partial charge on any atom is -0.507 e. The van der Waals surface area contributed by atoms with Crippen LogP contribution in [0.1, 0.15) is 253 Å². The summed E-state index contributed by atoms with van der Waals surface area (Å²) in [6, 6.07) is 14.3. The van der Waals surface area contributed by atoms with Crippen molar-refractivity contribution in [2.24, 2.45) is 23.7 Å². The Bertz CT molecular complexity index is 3050. The molecule has 0 aliphatic heterocycles. The van der Waals surface area contributed by atoms with Crippen LogP contribution in [0.2, 0.25) is 0 Å². The lowest BCUT2D eigenvalue weighted by Crippen LogP contribution is -2.26. The van der Waals surface area contributed by atoms with Crippen LogP contribution in [0.4, 0.5) is 0 Å². The molecule has 11 nitrogen and oxygen atoms in total. The average molecular weight is 1290 g/mol. The van der Waals surface area contributed by atoms with Gasteiger partial charge < -0.3 is 56.2 Å². The molecule has 0 spiro atoms. The van der Waals surface area contributed by atoms with Gasteiger partial charge in [-0.3, -0.25) is 0 Å². The standard InChI is InChI=1S/2C21H30O3.C21H30O2.C20H28O3/c1-5-6-7-8-15-10-19(23)21(20(24)11-15)17-9-14(4)18(22)12-16(17)13(2)3;1-4-5-6-7-15-11-19(23)21(20(24)12-15)18-10-16(13-22)8-9-17(18)14(2)3;1-5-6-7-8-16-12-19(22)21(20(23)13-16)18-11-15(4)9-10-17(18)14(2)3;1-13(2)16-8-7-14(3)10-17(16)20-18(22)11-15(12-19(20)23)6-4-5-9-21/h9-11,16-18,22-24H,2,5-8,12H2,1,3-4H3;10-12,17-18,22-24H,2,4-9,13H2,1,3H3;11-13,17-18,22-23H,2,5-10H2,1,3-4H3;10-12,16-17,21-23H,1,4-9H2,2-3H3/t16-,17+,18+;2*17-,18+;16-,17+/m0000/s1. The van der Waals surface area contributed by atoms with Crippen molar-refractivity contribution in [3.05, 3.63) is 188 Å². The second-order valence-corrected chi connectivity index (χ2v) is 27.9. The summed E-state index contributed by atoms with van der Waals surface area (Å²) in [4.78, 5) is 0. The summed E-state index contributed by atoms with van der Waals surface area (Å²) in [5.41, 5.74) is 14.9. The Morgan fingerprint density at radius 2 is 0.660 bits per heavy atom. The molecular formula is C83H118O11. The molecular weight excluding hydrogens is 1170 g/mol. The van der Waals surface area contributed by atoms with Gasteiger partial charge in [0.25, 0.3) is 0 Å². The molecule has 0 saturated heterocycles. The number of hydrogen-bond donors (Lipinski definition) is 11. The van der Waals surface area contributed by atoms with Gasteiger partial charge in [-0.15, -0.1) is 0 Å². The van der Waals surface area contributed by atoms with Crippen LogP contribution in [0, 0.1) is 23.7 Å². The van der Waals surface area contributed by atoms with Gasteiger partial charge in [-0.05, 0) is 257 Å². The first-order valence-electron chi connectivity index (χ1n) is 35.1.